The normalized spacial score (nSPS) is 12.0. The molecule has 9 heteroatoms. The van der Waals surface area contributed by atoms with Gasteiger partial charge in [0.2, 0.25) is 0 Å². The van der Waals surface area contributed by atoms with E-state index in [1.165, 1.54) is 6.08 Å². The maximum atomic E-state index is 12.5. The summed E-state index contributed by atoms with van der Waals surface area (Å²) in [6, 6.07) is 10.1. The van der Waals surface area contributed by atoms with E-state index in [2.05, 4.69) is 9.71 Å². The van der Waals surface area contributed by atoms with Crippen molar-refractivity contribution in [2.45, 2.75) is 33.2 Å². The molecule has 0 aliphatic rings. The molecule has 0 unspecified atom stereocenters. The molecule has 3 aromatic rings. The summed E-state index contributed by atoms with van der Waals surface area (Å²) in [5.41, 5.74) is 2.46. The molecule has 1 N–H and O–H groups in total. The lowest BCUT2D eigenvalue weighted by molar-refractivity contribution is 0.0982. The minimum absolute atomic E-state index is 0.221. The van der Waals surface area contributed by atoms with Crippen molar-refractivity contribution >= 4 is 50.2 Å². The summed E-state index contributed by atoms with van der Waals surface area (Å²) >= 11 is 12.3. The van der Waals surface area contributed by atoms with Crippen LogP contribution in [0.1, 0.15) is 41.5 Å². The second-order valence-corrected chi connectivity index (χ2v) is 9.23. The van der Waals surface area contributed by atoms with Crippen LogP contribution in [0.25, 0.3) is 11.0 Å². The van der Waals surface area contributed by atoms with E-state index >= 15 is 0 Å². The predicted molar refractivity (Wildman–Crippen MR) is 120 cm³/mol. The van der Waals surface area contributed by atoms with Crippen LogP contribution in [0.5, 0.6) is 0 Å². The number of amides is 1. The molecule has 6 nitrogen and oxygen atoms in total. The number of fused-ring (bicyclic) bond motifs is 1. The molecular weight excluding hydrogens is 445 g/mol. The van der Waals surface area contributed by atoms with Gasteiger partial charge in [-0.15, -0.1) is 0 Å². The van der Waals surface area contributed by atoms with Crippen molar-refractivity contribution in [1.82, 2.24) is 14.3 Å². The number of halogens is 2. The van der Waals surface area contributed by atoms with Crippen molar-refractivity contribution in [2.24, 2.45) is 0 Å². The molecule has 0 atom stereocenters. The fraction of sp³-hybridized carbons (Fsp3) is 0.238. The van der Waals surface area contributed by atoms with Gasteiger partial charge in [-0.2, -0.15) is 0 Å². The van der Waals surface area contributed by atoms with E-state index in [1.54, 1.807) is 30.3 Å². The number of carbonyl (C=O) groups is 1. The topological polar surface area (TPSA) is 81.1 Å². The molecule has 0 bridgehead atoms. The van der Waals surface area contributed by atoms with Crippen molar-refractivity contribution < 1.29 is 13.2 Å². The van der Waals surface area contributed by atoms with Gasteiger partial charge in [0.05, 0.1) is 17.6 Å². The molecule has 0 radical (unpaired) electrons. The Hall–Kier alpha value is -2.35. The van der Waals surface area contributed by atoms with E-state index in [0.717, 1.165) is 23.2 Å². The molecule has 2 aromatic carbocycles. The summed E-state index contributed by atoms with van der Waals surface area (Å²) in [7, 11) is -3.85. The molecule has 0 saturated carbocycles. The lowest BCUT2D eigenvalue weighted by Crippen LogP contribution is -2.28. The van der Waals surface area contributed by atoms with E-state index in [0.29, 0.717) is 34.0 Å². The summed E-state index contributed by atoms with van der Waals surface area (Å²) in [6.45, 7) is 4.22. The Morgan fingerprint density at radius 1 is 1.20 bits per heavy atom. The van der Waals surface area contributed by atoms with Crippen LogP contribution in [0.15, 0.2) is 47.9 Å². The van der Waals surface area contributed by atoms with Crippen molar-refractivity contribution in [3.8, 4) is 0 Å². The summed E-state index contributed by atoms with van der Waals surface area (Å²) in [4.78, 5) is 17.0. The number of benzene rings is 2. The Bertz CT molecular complexity index is 1230. The predicted octanol–water partition coefficient (Wildman–Crippen LogP) is 5.07. The van der Waals surface area contributed by atoms with Crippen molar-refractivity contribution in [3.05, 3.63) is 74.9 Å². The van der Waals surface area contributed by atoms with E-state index < -0.39 is 15.9 Å². The Kier molecular flexibility index (Phi) is 6.85. The van der Waals surface area contributed by atoms with Crippen LogP contribution in [-0.4, -0.2) is 23.9 Å². The number of hydrogen-bond acceptors (Lipinski definition) is 4. The first-order valence-electron chi connectivity index (χ1n) is 9.34. The minimum Gasteiger partial charge on any atom is -0.324 e. The van der Waals surface area contributed by atoms with Crippen LogP contribution < -0.4 is 4.72 Å². The first-order chi connectivity index (χ1) is 14.2. The molecule has 0 saturated heterocycles. The molecule has 0 aliphatic carbocycles. The maximum absolute atomic E-state index is 12.5. The number of carbonyl (C=O) groups excluding carboxylic acids is 1. The van der Waals surface area contributed by atoms with Gasteiger partial charge < -0.3 is 4.57 Å². The van der Waals surface area contributed by atoms with Gasteiger partial charge in [0.15, 0.2) is 0 Å². The zero-order valence-electron chi connectivity index (χ0n) is 16.5. The van der Waals surface area contributed by atoms with Gasteiger partial charge in [0.1, 0.15) is 5.82 Å². The Morgan fingerprint density at radius 2 is 1.97 bits per heavy atom. The highest BCUT2D eigenvalue weighted by atomic mass is 35.5. The highest BCUT2D eigenvalue weighted by Gasteiger charge is 2.16. The lowest BCUT2D eigenvalue weighted by atomic mass is 10.2. The van der Waals surface area contributed by atoms with Gasteiger partial charge in [-0.1, -0.05) is 48.7 Å². The average Bonchev–Trinajstić information content (AvgIpc) is 2.98. The van der Waals surface area contributed by atoms with Crippen LogP contribution in [0.4, 0.5) is 0 Å². The van der Waals surface area contributed by atoms with Crippen molar-refractivity contribution in [3.63, 3.8) is 0 Å². The SMILES string of the molecule is CCC/C=C/S(=O)(=O)NC(=O)c1ccc2nc(C)n(Cc3ccc(Cl)cc3Cl)c2c1. The molecular formula is C21H21Cl2N3O3S. The molecule has 158 valence electrons. The van der Waals surface area contributed by atoms with Crippen LogP contribution >= 0.6 is 23.2 Å². The standard InChI is InChI=1S/C21H21Cl2N3O3S/c1-3-4-5-10-30(28,29)25-21(27)15-7-9-19-20(11-15)26(14(2)24-19)13-16-6-8-17(22)12-18(16)23/h5-12H,3-4,13H2,1-2H3,(H,25,27)/b10-5+. The van der Waals surface area contributed by atoms with Gasteiger partial charge >= 0.3 is 0 Å². The van der Waals surface area contributed by atoms with E-state index in [9.17, 15) is 13.2 Å². The fourth-order valence-corrected chi connectivity index (χ4v) is 4.29. The third-order valence-electron chi connectivity index (χ3n) is 4.51. The molecule has 3 rings (SSSR count). The van der Waals surface area contributed by atoms with Crippen LogP contribution in [-0.2, 0) is 16.6 Å². The molecule has 1 amide bonds. The first-order valence-corrected chi connectivity index (χ1v) is 11.6. The summed E-state index contributed by atoms with van der Waals surface area (Å²) in [6.07, 6.45) is 2.96. The molecule has 0 aliphatic heterocycles. The molecule has 1 heterocycles. The number of rotatable bonds is 7. The van der Waals surface area contributed by atoms with Gasteiger partial charge in [-0.3, -0.25) is 4.79 Å². The van der Waals surface area contributed by atoms with E-state index in [1.807, 2.05) is 24.5 Å². The quantitative estimate of drug-likeness (QED) is 0.527. The Morgan fingerprint density at radius 3 is 2.67 bits per heavy atom. The number of allylic oxidation sites excluding steroid dienone is 1. The summed E-state index contributed by atoms with van der Waals surface area (Å²) in [5, 5.41) is 2.09. The number of aryl methyl sites for hydroxylation is 1. The molecule has 0 fully saturated rings. The third-order valence-corrected chi connectivity index (χ3v) is 6.12. The largest absolute Gasteiger partial charge is 0.324 e. The van der Waals surface area contributed by atoms with Crippen molar-refractivity contribution in [1.29, 1.82) is 0 Å². The first kappa shape index (κ1) is 22.3. The number of sulfonamides is 1. The number of nitrogens with one attached hydrogen (secondary N) is 1. The molecule has 0 spiro atoms. The Balaban J connectivity index is 1.92. The van der Waals surface area contributed by atoms with Gasteiger partial charge in [0, 0.05) is 21.0 Å². The Labute approximate surface area is 185 Å². The molecule has 30 heavy (non-hydrogen) atoms. The van der Waals surface area contributed by atoms with Crippen molar-refractivity contribution in [2.75, 3.05) is 0 Å². The maximum Gasteiger partial charge on any atom is 0.265 e. The van der Waals surface area contributed by atoms with Crippen LogP contribution in [0.2, 0.25) is 10.0 Å². The van der Waals surface area contributed by atoms with E-state index in [4.69, 9.17) is 23.2 Å². The fourth-order valence-electron chi connectivity index (χ4n) is 2.99. The highest BCUT2D eigenvalue weighted by Crippen LogP contribution is 2.25. The van der Waals surface area contributed by atoms with Crippen LogP contribution in [0, 0.1) is 6.92 Å². The smallest absolute Gasteiger partial charge is 0.265 e. The number of imidazole rings is 1. The monoisotopic (exact) mass is 465 g/mol. The number of nitrogens with zero attached hydrogens (tertiary/aromatic N) is 2. The van der Waals surface area contributed by atoms with Crippen LogP contribution in [0.3, 0.4) is 0 Å². The lowest BCUT2D eigenvalue weighted by Gasteiger charge is -2.10. The summed E-state index contributed by atoms with van der Waals surface area (Å²) < 4.78 is 28.1. The average molecular weight is 466 g/mol. The second kappa shape index (κ2) is 9.20. The number of hydrogen-bond donors (Lipinski definition) is 1. The minimum atomic E-state index is -3.85. The number of unbranched alkanes of at least 4 members (excludes halogenated alkanes) is 1. The highest BCUT2D eigenvalue weighted by molar-refractivity contribution is 7.92. The van der Waals surface area contributed by atoms with Gasteiger partial charge in [0.25, 0.3) is 15.9 Å². The molecule has 1 aromatic heterocycles. The third kappa shape index (κ3) is 5.22. The van der Waals surface area contributed by atoms with Gasteiger partial charge in [-0.25, -0.2) is 18.1 Å². The second-order valence-electron chi connectivity index (χ2n) is 6.82. The zero-order chi connectivity index (χ0) is 21.9. The van der Waals surface area contributed by atoms with E-state index in [-0.39, 0.29) is 5.56 Å². The number of aromatic nitrogens is 2. The zero-order valence-corrected chi connectivity index (χ0v) is 18.9. The summed E-state index contributed by atoms with van der Waals surface area (Å²) in [5.74, 6) is 0.0386. The van der Waals surface area contributed by atoms with Gasteiger partial charge in [-0.05, 0) is 49.2 Å².